The number of rotatable bonds is 0. The van der Waals surface area contributed by atoms with E-state index in [1.165, 1.54) is 0 Å². The molecule has 0 saturated heterocycles. The number of aryl methyl sites for hydroxylation is 1. The second kappa shape index (κ2) is 3.06. The van der Waals surface area contributed by atoms with Crippen molar-refractivity contribution in [2.45, 2.75) is 6.92 Å². The van der Waals surface area contributed by atoms with E-state index in [0.29, 0.717) is 5.82 Å². The van der Waals surface area contributed by atoms with E-state index in [2.05, 4.69) is 14.7 Å². The first kappa shape index (κ1) is 7.94. The largest absolute Gasteiger partial charge is 0.438 e. The fourth-order valence-corrected chi connectivity index (χ4v) is 0.303. The zero-order valence-electron chi connectivity index (χ0n) is 4.76. The molecule has 0 unspecified atom stereocenters. The van der Waals surface area contributed by atoms with Crippen molar-refractivity contribution in [2.75, 3.05) is 0 Å². The Hall–Kier alpha value is -0.0600. The minimum Gasteiger partial charge on any atom is -0.296 e. The van der Waals surface area contributed by atoms with Gasteiger partial charge in [0.15, 0.2) is 0 Å². The maximum Gasteiger partial charge on any atom is 0.438 e. The van der Waals surface area contributed by atoms with Crippen molar-refractivity contribution in [3.63, 3.8) is 0 Å². The van der Waals surface area contributed by atoms with Crippen molar-refractivity contribution >= 4 is 29.6 Å². The van der Waals surface area contributed by atoms with Crippen molar-refractivity contribution in [2.24, 2.45) is 0 Å². The van der Waals surface area contributed by atoms with E-state index in [9.17, 15) is 4.79 Å². The Labute approximate surface area is 67.6 Å². The third-order valence-electron chi connectivity index (χ3n) is 0.548. The standard InChI is InChI=1S/C3H4N2O2.Na/c1-2-4-3(6)7-5-2;/h1H3,(H,4,5,6);. The van der Waals surface area contributed by atoms with Gasteiger partial charge in [0.1, 0.15) is 5.82 Å². The van der Waals surface area contributed by atoms with E-state index >= 15 is 0 Å². The maximum atomic E-state index is 10.0. The van der Waals surface area contributed by atoms with Gasteiger partial charge < -0.3 is 0 Å². The average molecular weight is 123 g/mol. The van der Waals surface area contributed by atoms with E-state index in [1.807, 2.05) is 0 Å². The fourth-order valence-electron chi connectivity index (χ4n) is 0.303. The van der Waals surface area contributed by atoms with Crippen molar-refractivity contribution in [3.05, 3.63) is 16.4 Å². The molecule has 8 heavy (non-hydrogen) atoms. The number of H-pyrrole nitrogens is 1. The molecule has 0 spiro atoms. The van der Waals surface area contributed by atoms with Crippen molar-refractivity contribution in [1.82, 2.24) is 10.1 Å². The topological polar surface area (TPSA) is 58.9 Å². The molecular weight excluding hydrogens is 119 g/mol. The second-order valence-electron chi connectivity index (χ2n) is 1.18. The monoisotopic (exact) mass is 123 g/mol. The van der Waals surface area contributed by atoms with Gasteiger partial charge in [-0.05, 0) is 6.92 Å². The van der Waals surface area contributed by atoms with E-state index in [1.54, 1.807) is 6.92 Å². The second-order valence-corrected chi connectivity index (χ2v) is 1.18. The number of aromatic nitrogens is 2. The number of hydrogen-bond donors (Lipinski definition) is 1. The Kier molecular flexibility index (Phi) is 3.04. The molecule has 0 saturated carbocycles. The summed E-state index contributed by atoms with van der Waals surface area (Å²) in [5.74, 6) is 0.00231. The summed E-state index contributed by atoms with van der Waals surface area (Å²) in [6.07, 6.45) is 0. The van der Waals surface area contributed by atoms with Gasteiger partial charge in [-0.1, -0.05) is 5.16 Å². The van der Waals surface area contributed by atoms with Gasteiger partial charge in [0.2, 0.25) is 0 Å². The molecule has 0 aliphatic rings. The van der Waals surface area contributed by atoms with Gasteiger partial charge in [0.25, 0.3) is 0 Å². The molecule has 1 N–H and O–H groups in total. The summed E-state index contributed by atoms with van der Waals surface area (Å²) in [5.41, 5.74) is 0. The van der Waals surface area contributed by atoms with Crippen molar-refractivity contribution in [3.8, 4) is 0 Å². The minimum absolute atomic E-state index is 0. The summed E-state index contributed by atoms with van der Waals surface area (Å²) < 4.78 is 4.10. The molecule has 0 aromatic carbocycles. The summed E-state index contributed by atoms with van der Waals surface area (Å²) >= 11 is 0. The number of aromatic amines is 1. The van der Waals surface area contributed by atoms with Gasteiger partial charge in [0, 0.05) is 29.6 Å². The van der Waals surface area contributed by atoms with Gasteiger partial charge >= 0.3 is 5.76 Å². The van der Waals surface area contributed by atoms with Crippen LogP contribution in [0.15, 0.2) is 9.32 Å². The predicted octanol–water partition coefficient (Wildman–Crippen LogP) is -0.709. The van der Waals surface area contributed by atoms with Crippen LogP contribution in [-0.2, 0) is 0 Å². The van der Waals surface area contributed by atoms with Crippen LogP contribution in [0.4, 0.5) is 0 Å². The quantitative estimate of drug-likeness (QED) is 0.463. The van der Waals surface area contributed by atoms with Crippen molar-refractivity contribution < 1.29 is 4.52 Å². The molecule has 39 valence electrons. The minimum atomic E-state index is -0.502. The molecule has 1 radical (unpaired) electrons. The molecule has 0 bridgehead atoms. The van der Waals surface area contributed by atoms with E-state index in [-0.39, 0.29) is 29.6 Å². The van der Waals surface area contributed by atoms with Crippen LogP contribution < -0.4 is 5.76 Å². The summed E-state index contributed by atoms with van der Waals surface area (Å²) in [6, 6.07) is 0. The Morgan fingerprint density at radius 1 is 1.75 bits per heavy atom. The molecule has 1 rings (SSSR count). The molecular formula is C3H4N2NaO2. The third kappa shape index (κ3) is 1.81. The van der Waals surface area contributed by atoms with Crippen LogP contribution in [0.25, 0.3) is 0 Å². The van der Waals surface area contributed by atoms with Crippen LogP contribution in [0.5, 0.6) is 0 Å². The SMILES string of the molecule is Cc1noc(=O)[nH]1.[Na]. The van der Waals surface area contributed by atoms with E-state index in [4.69, 9.17) is 0 Å². The van der Waals surface area contributed by atoms with Crippen LogP contribution in [0.2, 0.25) is 0 Å². The van der Waals surface area contributed by atoms with Gasteiger partial charge in [-0.15, -0.1) is 0 Å². The Morgan fingerprint density at radius 2 is 2.38 bits per heavy atom. The fraction of sp³-hybridized carbons (Fsp3) is 0.333. The van der Waals surface area contributed by atoms with E-state index in [0.717, 1.165) is 0 Å². The van der Waals surface area contributed by atoms with E-state index < -0.39 is 5.76 Å². The van der Waals surface area contributed by atoms with Gasteiger partial charge in [0.05, 0.1) is 0 Å². The zero-order valence-corrected chi connectivity index (χ0v) is 6.76. The normalized spacial score (nSPS) is 8.12. The molecule has 0 aliphatic carbocycles. The maximum absolute atomic E-state index is 10.0. The van der Waals surface area contributed by atoms with Crippen LogP contribution in [-0.4, -0.2) is 39.7 Å². The van der Waals surface area contributed by atoms with Crippen LogP contribution >= 0.6 is 0 Å². The summed E-state index contributed by atoms with van der Waals surface area (Å²) in [5, 5.41) is 3.27. The Bertz CT molecular complexity index is 203. The molecule has 1 aromatic rings. The summed E-state index contributed by atoms with van der Waals surface area (Å²) in [7, 11) is 0. The molecule has 4 nitrogen and oxygen atoms in total. The molecule has 0 fully saturated rings. The van der Waals surface area contributed by atoms with Crippen LogP contribution in [0.3, 0.4) is 0 Å². The Balaban J connectivity index is 0.000000490. The first-order valence-electron chi connectivity index (χ1n) is 1.81. The third-order valence-corrected chi connectivity index (χ3v) is 0.548. The number of nitrogens with zero attached hydrogens (tertiary/aromatic N) is 1. The summed E-state index contributed by atoms with van der Waals surface area (Å²) in [4.78, 5) is 12.3. The number of hydrogen-bond acceptors (Lipinski definition) is 3. The summed E-state index contributed by atoms with van der Waals surface area (Å²) in [6.45, 7) is 1.64. The molecule has 5 heteroatoms. The van der Waals surface area contributed by atoms with Crippen molar-refractivity contribution in [1.29, 1.82) is 0 Å². The first-order valence-corrected chi connectivity index (χ1v) is 1.81. The molecule has 0 amide bonds. The zero-order chi connectivity index (χ0) is 5.28. The molecule has 0 aliphatic heterocycles. The van der Waals surface area contributed by atoms with Crippen LogP contribution in [0, 0.1) is 6.92 Å². The predicted molar refractivity (Wildman–Crippen MR) is 27.6 cm³/mol. The van der Waals surface area contributed by atoms with Crippen LogP contribution in [0.1, 0.15) is 5.82 Å². The molecule has 1 heterocycles. The van der Waals surface area contributed by atoms with Gasteiger partial charge in [-0.3, -0.25) is 9.51 Å². The van der Waals surface area contributed by atoms with Gasteiger partial charge in [-0.25, -0.2) is 4.79 Å². The first-order chi connectivity index (χ1) is 3.29. The Morgan fingerprint density at radius 3 is 2.50 bits per heavy atom. The molecule has 1 aromatic heterocycles. The molecule has 0 atom stereocenters. The number of nitrogens with one attached hydrogen (secondary N) is 1. The smallest absolute Gasteiger partial charge is 0.296 e. The van der Waals surface area contributed by atoms with Gasteiger partial charge in [-0.2, -0.15) is 0 Å². The average Bonchev–Trinajstić information content (AvgIpc) is 1.87.